The lowest BCUT2D eigenvalue weighted by atomic mass is 10.2. The van der Waals surface area contributed by atoms with Crippen LogP contribution in [-0.2, 0) is 9.59 Å². The fourth-order valence-corrected chi connectivity index (χ4v) is 2.87. The highest BCUT2D eigenvalue weighted by molar-refractivity contribution is 6.39. The van der Waals surface area contributed by atoms with Gasteiger partial charge in [0.25, 0.3) is 0 Å². The van der Waals surface area contributed by atoms with Crippen molar-refractivity contribution in [3.05, 3.63) is 59.9 Å². The SMILES string of the molecule is NC(=O)c1ccc(NC(=O)C(=O)N2CCN(c3ccc(F)cc3)CC2)cc1. The van der Waals surface area contributed by atoms with Crippen molar-refractivity contribution in [3.63, 3.8) is 0 Å². The van der Waals surface area contributed by atoms with E-state index >= 15 is 0 Å². The predicted molar refractivity (Wildman–Crippen MR) is 98.8 cm³/mol. The first-order chi connectivity index (χ1) is 12.9. The van der Waals surface area contributed by atoms with Crippen LogP contribution in [0.25, 0.3) is 0 Å². The summed E-state index contributed by atoms with van der Waals surface area (Å²) in [6, 6.07) is 12.1. The van der Waals surface area contributed by atoms with Gasteiger partial charge in [-0.3, -0.25) is 14.4 Å². The molecule has 0 spiro atoms. The van der Waals surface area contributed by atoms with Gasteiger partial charge < -0.3 is 20.9 Å². The number of nitrogens with one attached hydrogen (secondary N) is 1. The van der Waals surface area contributed by atoms with Gasteiger partial charge in [-0.05, 0) is 48.5 Å². The number of nitrogens with zero attached hydrogens (tertiary/aromatic N) is 2. The Morgan fingerprint density at radius 3 is 2.04 bits per heavy atom. The number of rotatable bonds is 3. The highest BCUT2D eigenvalue weighted by atomic mass is 19.1. The third-order valence-corrected chi connectivity index (χ3v) is 4.38. The Morgan fingerprint density at radius 2 is 1.48 bits per heavy atom. The van der Waals surface area contributed by atoms with Crippen LogP contribution in [0.5, 0.6) is 0 Å². The van der Waals surface area contributed by atoms with Crippen molar-refractivity contribution in [1.82, 2.24) is 4.90 Å². The van der Waals surface area contributed by atoms with Crippen molar-refractivity contribution in [2.45, 2.75) is 0 Å². The second kappa shape index (κ2) is 7.86. The summed E-state index contributed by atoms with van der Waals surface area (Å²) < 4.78 is 13.0. The van der Waals surface area contributed by atoms with E-state index in [1.54, 1.807) is 12.1 Å². The molecule has 0 aromatic heterocycles. The number of carbonyl (C=O) groups is 3. The number of halogens is 1. The van der Waals surface area contributed by atoms with E-state index in [2.05, 4.69) is 5.32 Å². The zero-order valence-corrected chi connectivity index (χ0v) is 14.5. The van der Waals surface area contributed by atoms with Crippen LogP contribution in [0.2, 0.25) is 0 Å². The molecule has 1 saturated heterocycles. The van der Waals surface area contributed by atoms with E-state index in [1.807, 2.05) is 4.90 Å². The number of carbonyl (C=O) groups excluding carboxylic acids is 3. The number of amides is 3. The summed E-state index contributed by atoms with van der Waals surface area (Å²) in [6.07, 6.45) is 0. The van der Waals surface area contributed by atoms with Crippen LogP contribution < -0.4 is 16.0 Å². The topological polar surface area (TPSA) is 95.7 Å². The van der Waals surface area contributed by atoms with Gasteiger partial charge in [0.15, 0.2) is 0 Å². The second-order valence-electron chi connectivity index (χ2n) is 6.15. The molecule has 3 rings (SSSR count). The van der Waals surface area contributed by atoms with Crippen LogP contribution in [-0.4, -0.2) is 48.8 Å². The molecule has 0 atom stereocenters. The van der Waals surface area contributed by atoms with E-state index in [9.17, 15) is 18.8 Å². The Morgan fingerprint density at radius 1 is 0.889 bits per heavy atom. The van der Waals surface area contributed by atoms with Crippen molar-refractivity contribution in [2.24, 2.45) is 5.73 Å². The average Bonchev–Trinajstić information content (AvgIpc) is 2.68. The maximum Gasteiger partial charge on any atom is 0.313 e. The zero-order valence-electron chi connectivity index (χ0n) is 14.5. The summed E-state index contributed by atoms with van der Waals surface area (Å²) in [6.45, 7) is 1.89. The molecule has 8 heteroatoms. The van der Waals surface area contributed by atoms with Crippen molar-refractivity contribution in [3.8, 4) is 0 Å². The lowest BCUT2D eigenvalue weighted by Gasteiger charge is -2.35. The van der Waals surface area contributed by atoms with Crippen molar-refractivity contribution < 1.29 is 18.8 Å². The molecule has 0 aliphatic carbocycles. The van der Waals surface area contributed by atoms with Gasteiger partial charge in [0, 0.05) is 43.1 Å². The summed E-state index contributed by atoms with van der Waals surface area (Å²) in [5.41, 5.74) is 6.76. The van der Waals surface area contributed by atoms with Gasteiger partial charge in [0.2, 0.25) is 5.91 Å². The molecule has 0 radical (unpaired) electrons. The van der Waals surface area contributed by atoms with Gasteiger partial charge in [-0.25, -0.2) is 4.39 Å². The maximum absolute atomic E-state index is 13.0. The van der Waals surface area contributed by atoms with Crippen LogP contribution >= 0.6 is 0 Å². The van der Waals surface area contributed by atoms with Crippen LogP contribution in [0, 0.1) is 5.82 Å². The van der Waals surface area contributed by atoms with Crippen molar-refractivity contribution >= 4 is 29.1 Å². The molecule has 0 saturated carbocycles. The van der Waals surface area contributed by atoms with E-state index < -0.39 is 17.7 Å². The Balaban J connectivity index is 1.54. The number of hydrogen-bond donors (Lipinski definition) is 2. The molecule has 140 valence electrons. The summed E-state index contributed by atoms with van der Waals surface area (Å²) in [7, 11) is 0. The third kappa shape index (κ3) is 4.41. The van der Waals surface area contributed by atoms with Gasteiger partial charge in [-0.1, -0.05) is 0 Å². The molecule has 0 unspecified atom stereocenters. The molecule has 2 aromatic rings. The van der Waals surface area contributed by atoms with Gasteiger partial charge in [-0.15, -0.1) is 0 Å². The Bertz CT molecular complexity index is 844. The molecule has 3 N–H and O–H groups in total. The molecular formula is C19H19FN4O3. The van der Waals surface area contributed by atoms with Crippen LogP contribution in [0.3, 0.4) is 0 Å². The number of benzene rings is 2. The highest BCUT2D eigenvalue weighted by Gasteiger charge is 2.26. The van der Waals surface area contributed by atoms with Gasteiger partial charge in [-0.2, -0.15) is 0 Å². The standard InChI is InChI=1S/C19H19FN4O3/c20-14-3-7-16(8-4-14)23-9-11-24(12-10-23)19(27)18(26)22-15-5-1-13(2-6-15)17(21)25/h1-8H,9-12H2,(H2,21,25)(H,22,26). The largest absolute Gasteiger partial charge is 0.368 e. The molecule has 1 aliphatic rings. The van der Waals surface area contributed by atoms with E-state index in [-0.39, 0.29) is 5.82 Å². The van der Waals surface area contributed by atoms with E-state index in [4.69, 9.17) is 5.73 Å². The molecule has 3 amide bonds. The van der Waals surface area contributed by atoms with Crippen molar-refractivity contribution in [1.29, 1.82) is 0 Å². The first-order valence-corrected chi connectivity index (χ1v) is 8.44. The lowest BCUT2D eigenvalue weighted by molar-refractivity contribution is -0.143. The van der Waals surface area contributed by atoms with Gasteiger partial charge in [0.1, 0.15) is 5.82 Å². The van der Waals surface area contributed by atoms with Crippen LogP contribution in [0.1, 0.15) is 10.4 Å². The molecule has 2 aromatic carbocycles. The second-order valence-corrected chi connectivity index (χ2v) is 6.15. The van der Waals surface area contributed by atoms with Crippen LogP contribution in [0.4, 0.5) is 15.8 Å². The smallest absolute Gasteiger partial charge is 0.313 e. The van der Waals surface area contributed by atoms with Gasteiger partial charge in [0.05, 0.1) is 0 Å². The maximum atomic E-state index is 13.0. The first kappa shape index (κ1) is 18.4. The highest BCUT2D eigenvalue weighted by Crippen LogP contribution is 2.17. The Labute approximate surface area is 155 Å². The average molecular weight is 370 g/mol. The fourth-order valence-electron chi connectivity index (χ4n) is 2.87. The number of hydrogen-bond acceptors (Lipinski definition) is 4. The normalized spacial score (nSPS) is 14.0. The van der Waals surface area contributed by atoms with E-state index in [1.165, 1.54) is 41.3 Å². The number of primary amides is 1. The minimum atomic E-state index is -0.739. The molecule has 1 heterocycles. The van der Waals surface area contributed by atoms with Gasteiger partial charge >= 0.3 is 11.8 Å². The third-order valence-electron chi connectivity index (χ3n) is 4.38. The predicted octanol–water partition coefficient (Wildman–Crippen LogP) is 1.21. The van der Waals surface area contributed by atoms with Crippen LogP contribution in [0.15, 0.2) is 48.5 Å². The number of anilines is 2. The lowest BCUT2D eigenvalue weighted by Crippen LogP contribution is -2.51. The molecule has 27 heavy (non-hydrogen) atoms. The molecule has 1 aliphatic heterocycles. The zero-order chi connectivity index (χ0) is 19.4. The minimum absolute atomic E-state index is 0.298. The monoisotopic (exact) mass is 370 g/mol. The molecule has 1 fully saturated rings. The summed E-state index contributed by atoms with van der Waals surface area (Å²) in [5.74, 6) is -2.22. The summed E-state index contributed by atoms with van der Waals surface area (Å²) >= 11 is 0. The first-order valence-electron chi connectivity index (χ1n) is 8.44. The minimum Gasteiger partial charge on any atom is -0.368 e. The Kier molecular flexibility index (Phi) is 5.35. The van der Waals surface area contributed by atoms with E-state index in [0.29, 0.717) is 37.4 Å². The number of piperazine rings is 1. The molecular weight excluding hydrogens is 351 g/mol. The molecule has 0 bridgehead atoms. The summed E-state index contributed by atoms with van der Waals surface area (Å²) in [5, 5.41) is 2.52. The number of nitrogens with two attached hydrogens (primary N) is 1. The summed E-state index contributed by atoms with van der Waals surface area (Å²) in [4.78, 5) is 39.1. The molecule has 7 nitrogen and oxygen atoms in total. The van der Waals surface area contributed by atoms with Crippen molar-refractivity contribution in [2.75, 3.05) is 36.4 Å². The van der Waals surface area contributed by atoms with E-state index in [0.717, 1.165) is 5.69 Å². The Hall–Kier alpha value is -3.42. The quantitative estimate of drug-likeness (QED) is 0.794. The fraction of sp³-hybridized carbons (Fsp3) is 0.211.